The molecular formula is C15H19N3O2S. The van der Waals surface area contributed by atoms with Gasteiger partial charge in [-0.3, -0.25) is 5.10 Å². The molecule has 0 unspecified atom stereocenters. The molecule has 0 bridgehead atoms. The zero-order chi connectivity index (χ0) is 14.7. The molecule has 3 rings (SSSR count). The van der Waals surface area contributed by atoms with Gasteiger partial charge < -0.3 is 15.2 Å². The standard InChI is InChI=1S/C15H19N3O2S/c1-19-13-4-2-3-11(12-9-14(16)18-17-12)15(13)20-10-5-7-21-8-6-10/h2-4,9-10H,5-8H2,1H3,(H3,16,17,18). The highest BCUT2D eigenvalue weighted by Gasteiger charge is 2.20. The summed E-state index contributed by atoms with van der Waals surface area (Å²) in [5.74, 6) is 4.26. The van der Waals surface area contributed by atoms with Crippen LogP contribution in [0.25, 0.3) is 11.3 Å². The summed E-state index contributed by atoms with van der Waals surface area (Å²) in [6, 6.07) is 7.64. The minimum atomic E-state index is 0.238. The van der Waals surface area contributed by atoms with E-state index in [9.17, 15) is 0 Å². The Morgan fingerprint density at radius 2 is 2.14 bits per heavy atom. The van der Waals surface area contributed by atoms with Crippen LogP contribution in [0.5, 0.6) is 11.5 Å². The number of ether oxygens (including phenoxy) is 2. The van der Waals surface area contributed by atoms with E-state index in [2.05, 4.69) is 10.2 Å². The van der Waals surface area contributed by atoms with Crippen LogP contribution in [0.15, 0.2) is 24.3 Å². The first-order chi connectivity index (χ1) is 10.3. The number of nitrogen functional groups attached to an aromatic ring is 1. The lowest BCUT2D eigenvalue weighted by molar-refractivity contribution is 0.185. The number of nitrogens with one attached hydrogen (secondary N) is 1. The van der Waals surface area contributed by atoms with E-state index in [1.807, 2.05) is 30.0 Å². The highest BCUT2D eigenvalue weighted by atomic mass is 32.2. The van der Waals surface area contributed by atoms with Gasteiger partial charge in [0.1, 0.15) is 11.9 Å². The fraction of sp³-hybridized carbons (Fsp3) is 0.400. The highest BCUT2D eigenvalue weighted by Crippen LogP contribution is 2.39. The summed E-state index contributed by atoms with van der Waals surface area (Å²) in [7, 11) is 1.66. The van der Waals surface area contributed by atoms with Gasteiger partial charge in [-0.15, -0.1) is 0 Å². The second-order valence-corrected chi connectivity index (χ2v) is 6.20. The number of anilines is 1. The van der Waals surface area contributed by atoms with Gasteiger partial charge in [0, 0.05) is 11.6 Å². The minimum absolute atomic E-state index is 0.238. The fourth-order valence-electron chi connectivity index (χ4n) is 2.45. The first-order valence-corrected chi connectivity index (χ1v) is 8.16. The number of methoxy groups -OCH3 is 1. The Labute approximate surface area is 128 Å². The van der Waals surface area contributed by atoms with Gasteiger partial charge in [0.25, 0.3) is 0 Å². The molecule has 0 saturated carbocycles. The van der Waals surface area contributed by atoms with Crippen molar-refractivity contribution in [3.8, 4) is 22.8 Å². The highest BCUT2D eigenvalue weighted by molar-refractivity contribution is 7.99. The SMILES string of the molecule is COc1cccc(-c2cc(N)n[nH]2)c1OC1CCSCC1. The summed E-state index contributed by atoms with van der Waals surface area (Å²) in [5.41, 5.74) is 7.47. The van der Waals surface area contributed by atoms with Crippen LogP contribution in [0.1, 0.15) is 12.8 Å². The van der Waals surface area contributed by atoms with Gasteiger partial charge in [0.05, 0.1) is 12.8 Å². The quantitative estimate of drug-likeness (QED) is 0.908. The molecule has 0 atom stereocenters. The van der Waals surface area contributed by atoms with Crippen LogP contribution in [-0.4, -0.2) is 34.9 Å². The van der Waals surface area contributed by atoms with E-state index in [-0.39, 0.29) is 6.10 Å². The normalized spacial score (nSPS) is 15.9. The van der Waals surface area contributed by atoms with Crippen molar-refractivity contribution in [3.63, 3.8) is 0 Å². The number of benzene rings is 1. The Balaban J connectivity index is 1.95. The molecule has 5 nitrogen and oxygen atoms in total. The molecular weight excluding hydrogens is 286 g/mol. The van der Waals surface area contributed by atoms with Crippen molar-refractivity contribution in [3.05, 3.63) is 24.3 Å². The molecule has 2 heterocycles. The average Bonchev–Trinajstić information content (AvgIpc) is 2.95. The number of thioether (sulfide) groups is 1. The predicted octanol–water partition coefficient (Wildman–Crippen LogP) is 2.94. The van der Waals surface area contributed by atoms with Crippen LogP contribution in [0.2, 0.25) is 0 Å². The van der Waals surface area contributed by atoms with E-state index < -0.39 is 0 Å². The number of hydrogen-bond donors (Lipinski definition) is 2. The molecule has 6 heteroatoms. The lowest BCUT2D eigenvalue weighted by atomic mass is 10.1. The largest absolute Gasteiger partial charge is 0.493 e. The Kier molecular flexibility index (Phi) is 4.24. The monoisotopic (exact) mass is 305 g/mol. The fourth-order valence-corrected chi connectivity index (χ4v) is 3.51. The first kappa shape index (κ1) is 14.1. The number of aromatic nitrogens is 2. The number of nitrogens with two attached hydrogens (primary N) is 1. The van der Waals surface area contributed by atoms with Crippen LogP contribution >= 0.6 is 11.8 Å². The van der Waals surface area contributed by atoms with E-state index in [1.54, 1.807) is 13.2 Å². The third kappa shape index (κ3) is 3.10. The van der Waals surface area contributed by atoms with Gasteiger partial charge in [-0.1, -0.05) is 6.07 Å². The van der Waals surface area contributed by atoms with Crippen molar-refractivity contribution in [2.75, 3.05) is 24.3 Å². The van der Waals surface area contributed by atoms with Crippen LogP contribution in [0.3, 0.4) is 0 Å². The molecule has 1 aliphatic heterocycles. The van der Waals surface area contributed by atoms with Crippen molar-refractivity contribution in [2.45, 2.75) is 18.9 Å². The zero-order valence-electron chi connectivity index (χ0n) is 12.0. The third-order valence-corrected chi connectivity index (χ3v) is 4.59. The summed E-state index contributed by atoms with van der Waals surface area (Å²) in [6.45, 7) is 0. The second kappa shape index (κ2) is 6.30. The molecule has 3 N–H and O–H groups in total. The van der Waals surface area contributed by atoms with Crippen molar-refractivity contribution in [2.24, 2.45) is 0 Å². The Morgan fingerprint density at radius 1 is 1.33 bits per heavy atom. The maximum Gasteiger partial charge on any atom is 0.170 e. The number of para-hydroxylation sites is 1. The number of H-pyrrole nitrogens is 1. The molecule has 21 heavy (non-hydrogen) atoms. The Morgan fingerprint density at radius 3 is 2.81 bits per heavy atom. The first-order valence-electron chi connectivity index (χ1n) is 7.00. The zero-order valence-corrected chi connectivity index (χ0v) is 12.8. The number of rotatable bonds is 4. The van der Waals surface area contributed by atoms with Crippen LogP contribution < -0.4 is 15.2 Å². The maximum absolute atomic E-state index is 6.25. The van der Waals surface area contributed by atoms with Crippen molar-refractivity contribution in [1.29, 1.82) is 0 Å². The number of hydrogen-bond acceptors (Lipinski definition) is 5. The predicted molar refractivity (Wildman–Crippen MR) is 86.0 cm³/mol. The van der Waals surface area contributed by atoms with Gasteiger partial charge in [0.2, 0.25) is 0 Å². The lowest BCUT2D eigenvalue weighted by Gasteiger charge is -2.25. The second-order valence-electron chi connectivity index (χ2n) is 4.97. The van der Waals surface area contributed by atoms with Crippen LogP contribution in [0.4, 0.5) is 5.82 Å². The molecule has 0 radical (unpaired) electrons. The molecule has 0 spiro atoms. The van der Waals surface area contributed by atoms with Gasteiger partial charge in [-0.25, -0.2) is 0 Å². The number of nitrogens with zero attached hydrogens (tertiary/aromatic N) is 1. The smallest absolute Gasteiger partial charge is 0.170 e. The molecule has 1 aliphatic rings. The summed E-state index contributed by atoms with van der Waals surface area (Å²) in [6.07, 6.45) is 2.36. The van der Waals surface area contributed by atoms with E-state index in [0.717, 1.165) is 47.1 Å². The van der Waals surface area contributed by atoms with Gasteiger partial charge in [0.15, 0.2) is 11.5 Å². The van der Waals surface area contributed by atoms with E-state index >= 15 is 0 Å². The van der Waals surface area contributed by atoms with Crippen LogP contribution in [0, 0.1) is 0 Å². The Bertz CT molecular complexity index is 609. The average molecular weight is 305 g/mol. The summed E-state index contributed by atoms with van der Waals surface area (Å²) < 4.78 is 11.7. The third-order valence-electron chi connectivity index (χ3n) is 3.54. The van der Waals surface area contributed by atoms with E-state index in [1.165, 1.54) is 0 Å². The van der Waals surface area contributed by atoms with Crippen molar-refractivity contribution in [1.82, 2.24) is 10.2 Å². The minimum Gasteiger partial charge on any atom is -0.493 e. The molecule has 2 aromatic rings. The molecule has 112 valence electrons. The maximum atomic E-state index is 6.25. The topological polar surface area (TPSA) is 73.2 Å². The molecule has 1 aromatic carbocycles. The van der Waals surface area contributed by atoms with Crippen molar-refractivity contribution >= 4 is 17.6 Å². The van der Waals surface area contributed by atoms with E-state index in [4.69, 9.17) is 15.2 Å². The van der Waals surface area contributed by atoms with Gasteiger partial charge in [-0.05, 0) is 36.5 Å². The Hall–Kier alpha value is -1.82. The molecule has 0 amide bonds. The number of aromatic amines is 1. The van der Waals surface area contributed by atoms with Gasteiger partial charge >= 0.3 is 0 Å². The molecule has 1 saturated heterocycles. The summed E-state index contributed by atoms with van der Waals surface area (Å²) in [4.78, 5) is 0. The molecule has 1 fully saturated rings. The lowest BCUT2D eigenvalue weighted by Crippen LogP contribution is -2.22. The summed E-state index contributed by atoms with van der Waals surface area (Å²) in [5, 5.41) is 6.93. The van der Waals surface area contributed by atoms with E-state index in [0.29, 0.717) is 5.82 Å². The summed E-state index contributed by atoms with van der Waals surface area (Å²) >= 11 is 1.98. The molecule has 0 aliphatic carbocycles. The van der Waals surface area contributed by atoms with Crippen molar-refractivity contribution < 1.29 is 9.47 Å². The van der Waals surface area contributed by atoms with Gasteiger partial charge in [-0.2, -0.15) is 16.9 Å². The van der Waals surface area contributed by atoms with Crippen LogP contribution in [-0.2, 0) is 0 Å². The molecule has 1 aromatic heterocycles.